The summed E-state index contributed by atoms with van der Waals surface area (Å²) in [5, 5.41) is 13.4. The first kappa shape index (κ1) is 27.4. The number of ether oxygens (including phenoxy) is 3. The fraction of sp³-hybridized carbons (Fsp3) is 0.185. The SMILES string of the molecule is CCOc1ccc(NC(=O)/C(C#N)=C/c2cc(OCC)c(OCc3ccc(Cl)cc3Cl)cc2Br)cc1. The van der Waals surface area contributed by atoms with E-state index in [2.05, 4.69) is 21.2 Å². The van der Waals surface area contributed by atoms with Gasteiger partial charge in [0.2, 0.25) is 0 Å². The maximum Gasteiger partial charge on any atom is 0.266 e. The Morgan fingerprint density at radius 3 is 2.33 bits per heavy atom. The van der Waals surface area contributed by atoms with E-state index in [4.69, 9.17) is 37.4 Å². The molecule has 0 aliphatic carbocycles. The molecule has 0 spiro atoms. The lowest BCUT2D eigenvalue weighted by Crippen LogP contribution is -2.13. The van der Waals surface area contributed by atoms with Crippen molar-refractivity contribution < 1.29 is 19.0 Å². The average Bonchev–Trinajstić information content (AvgIpc) is 2.85. The second kappa shape index (κ2) is 13.2. The largest absolute Gasteiger partial charge is 0.494 e. The number of nitriles is 1. The zero-order valence-electron chi connectivity index (χ0n) is 19.6. The Labute approximate surface area is 228 Å². The van der Waals surface area contributed by atoms with E-state index in [0.717, 1.165) is 5.56 Å². The van der Waals surface area contributed by atoms with Gasteiger partial charge < -0.3 is 19.5 Å². The molecular weight excluding hydrogens is 567 g/mol. The third kappa shape index (κ3) is 7.41. The molecule has 1 amide bonds. The number of nitrogens with one attached hydrogen (secondary N) is 1. The van der Waals surface area contributed by atoms with Gasteiger partial charge in [-0.25, -0.2) is 0 Å². The number of nitrogens with zero attached hydrogens (tertiary/aromatic N) is 1. The van der Waals surface area contributed by atoms with Crippen LogP contribution in [-0.4, -0.2) is 19.1 Å². The van der Waals surface area contributed by atoms with Gasteiger partial charge in [-0.05, 0) is 74.0 Å². The monoisotopic (exact) mass is 588 g/mol. The summed E-state index contributed by atoms with van der Waals surface area (Å²) in [6.45, 7) is 4.88. The van der Waals surface area contributed by atoms with Crippen molar-refractivity contribution in [3.05, 3.63) is 85.8 Å². The van der Waals surface area contributed by atoms with Crippen molar-refractivity contribution in [3.63, 3.8) is 0 Å². The number of carbonyl (C=O) groups excluding carboxylic acids is 1. The van der Waals surface area contributed by atoms with Gasteiger partial charge in [0.25, 0.3) is 5.91 Å². The summed E-state index contributed by atoms with van der Waals surface area (Å²) in [4.78, 5) is 12.7. The first-order valence-corrected chi connectivity index (χ1v) is 12.6. The summed E-state index contributed by atoms with van der Waals surface area (Å²) in [6, 6.07) is 17.5. The molecule has 0 aliphatic rings. The van der Waals surface area contributed by atoms with Gasteiger partial charge in [0, 0.05) is 25.8 Å². The second-order valence-electron chi connectivity index (χ2n) is 7.36. The number of rotatable bonds is 10. The van der Waals surface area contributed by atoms with Crippen LogP contribution < -0.4 is 19.5 Å². The summed E-state index contributed by atoms with van der Waals surface area (Å²) in [7, 11) is 0. The van der Waals surface area contributed by atoms with Crippen molar-refractivity contribution in [2.75, 3.05) is 18.5 Å². The number of amides is 1. The highest BCUT2D eigenvalue weighted by Crippen LogP contribution is 2.36. The number of carbonyl (C=O) groups is 1. The smallest absolute Gasteiger partial charge is 0.266 e. The van der Waals surface area contributed by atoms with Crippen LogP contribution in [0.3, 0.4) is 0 Å². The van der Waals surface area contributed by atoms with Crippen LogP contribution in [0.5, 0.6) is 17.2 Å². The van der Waals surface area contributed by atoms with Crippen LogP contribution in [0.1, 0.15) is 25.0 Å². The highest BCUT2D eigenvalue weighted by molar-refractivity contribution is 9.10. The third-order valence-corrected chi connectivity index (χ3v) is 6.12. The number of halogens is 3. The van der Waals surface area contributed by atoms with Crippen molar-refractivity contribution in [3.8, 4) is 23.3 Å². The topological polar surface area (TPSA) is 80.6 Å². The van der Waals surface area contributed by atoms with E-state index in [9.17, 15) is 10.1 Å². The van der Waals surface area contributed by atoms with Gasteiger partial charge in [0.15, 0.2) is 11.5 Å². The number of anilines is 1. The Balaban J connectivity index is 1.81. The van der Waals surface area contributed by atoms with Gasteiger partial charge in [-0.3, -0.25) is 4.79 Å². The summed E-state index contributed by atoms with van der Waals surface area (Å²) < 4.78 is 17.7. The first-order chi connectivity index (χ1) is 17.3. The van der Waals surface area contributed by atoms with Crippen LogP contribution >= 0.6 is 39.1 Å². The molecule has 36 heavy (non-hydrogen) atoms. The Hall–Kier alpha value is -3.18. The molecule has 0 atom stereocenters. The van der Waals surface area contributed by atoms with Crippen LogP contribution in [0.2, 0.25) is 10.0 Å². The van der Waals surface area contributed by atoms with Crippen LogP contribution in [0.4, 0.5) is 5.69 Å². The molecule has 0 heterocycles. The van der Waals surface area contributed by atoms with Crippen molar-refractivity contribution in [1.82, 2.24) is 0 Å². The molecule has 3 aromatic rings. The van der Waals surface area contributed by atoms with Gasteiger partial charge in [0.05, 0.1) is 13.2 Å². The summed E-state index contributed by atoms with van der Waals surface area (Å²) in [5.74, 6) is 1.09. The zero-order chi connectivity index (χ0) is 26.1. The van der Waals surface area contributed by atoms with Gasteiger partial charge >= 0.3 is 0 Å². The first-order valence-electron chi connectivity index (χ1n) is 11.0. The third-order valence-electron chi connectivity index (χ3n) is 4.85. The number of hydrogen-bond acceptors (Lipinski definition) is 5. The normalized spacial score (nSPS) is 10.9. The standard InChI is InChI=1S/C27H23BrCl2N2O4/c1-3-34-22-9-7-21(8-10-22)32-27(33)19(15-31)11-18-12-25(35-4-2)26(14-23(18)28)36-16-17-5-6-20(29)13-24(17)30/h5-14H,3-4,16H2,1-2H3,(H,32,33)/b19-11+. The van der Waals surface area contributed by atoms with Gasteiger partial charge in [-0.15, -0.1) is 0 Å². The molecule has 0 aliphatic heterocycles. The van der Waals surface area contributed by atoms with E-state index in [1.54, 1.807) is 54.6 Å². The minimum absolute atomic E-state index is 0.0753. The maximum absolute atomic E-state index is 12.7. The van der Waals surface area contributed by atoms with Crippen LogP contribution in [-0.2, 0) is 11.4 Å². The minimum atomic E-state index is -0.538. The van der Waals surface area contributed by atoms with Gasteiger partial charge in [-0.2, -0.15) is 5.26 Å². The molecule has 0 radical (unpaired) electrons. The highest BCUT2D eigenvalue weighted by Gasteiger charge is 2.15. The molecule has 0 saturated carbocycles. The second-order valence-corrected chi connectivity index (χ2v) is 9.06. The molecule has 0 bridgehead atoms. The molecular formula is C27H23BrCl2N2O4. The summed E-state index contributed by atoms with van der Waals surface area (Å²) in [6.07, 6.45) is 1.48. The van der Waals surface area contributed by atoms with Crippen LogP contribution in [0, 0.1) is 11.3 Å². The lowest BCUT2D eigenvalue weighted by molar-refractivity contribution is -0.112. The van der Waals surface area contributed by atoms with Crippen LogP contribution in [0.25, 0.3) is 6.08 Å². The molecule has 1 N–H and O–H groups in total. The molecule has 3 rings (SSSR count). The Kier molecular flexibility index (Phi) is 10.1. The minimum Gasteiger partial charge on any atom is -0.494 e. The number of benzene rings is 3. The van der Waals surface area contributed by atoms with E-state index >= 15 is 0 Å². The Morgan fingerprint density at radius 2 is 1.69 bits per heavy atom. The lowest BCUT2D eigenvalue weighted by atomic mass is 10.1. The van der Waals surface area contributed by atoms with Crippen molar-refractivity contribution >= 4 is 56.8 Å². The van der Waals surface area contributed by atoms with Crippen molar-refractivity contribution in [1.29, 1.82) is 5.26 Å². The Bertz CT molecular complexity index is 1300. The van der Waals surface area contributed by atoms with Crippen molar-refractivity contribution in [2.24, 2.45) is 0 Å². The molecule has 3 aromatic carbocycles. The zero-order valence-corrected chi connectivity index (χ0v) is 22.7. The van der Waals surface area contributed by atoms with Crippen molar-refractivity contribution in [2.45, 2.75) is 20.5 Å². The van der Waals surface area contributed by atoms with E-state index in [1.807, 2.05) is 19.9 Å². The predicted molar refractivity (Wildman–Crippen MR) is 146 cm³/mol. The highest BCUT2D eigenvalue weighted by atomic mass is 79.9. The molecule has 0 saturated heterocycles. The fourth-order valence-electron chi connectivity index (χ4n) is 3.14. The van der Waals surface area contributed by atoms with E-state index in [-0.39, 0.29) is 12.2 Å². The van der Waals surface area contributed by atoms with E-state index in [0.29, 0.717) is 56.2 Å². The quantitative estimate of drug-likeness (QED) is 0.194. The predicted octanol–water partition coefficient (Wildman–Crippen LogP) is 7.68. The molecule has 0 fully saturated rings. The molecule has 0 unspecified atom stereocenters. The lowest BCUT2D eigenvalue weighted by Gasteiger charge is -2.15. The Morgan fingerprint density at radius 1 is 1.00 bits per heavy atom. The molecule has 6 nitrogen and oxygen atoms in total. The molecule has 186 valence electrons. The van der Waals surface area contributed by atoms with E-state index < -0.39 is 5.91 Å². The fourth-order valence-corrected chi connectivity index (χ4v) is 4.04. The van der Waals surface area contributed by atoms with Gasteiger partial charge in [-0.1, -0.05) is 45.2 Å². The number of hydrogen-bond donors (Lipinski definition) is 1. The molecule has 0 aromatic heterocycles. The molecule has 9 heteroatoms. The van der Waals surface area contributed by atoms with E-state index in [1.165, 1.54) is 6.08 Å². The van der Waals surface area contributed by atoms with Gasteiger partial charge in [0.1, 0.15) is 24.0 Å². The van der Waals surface area contributed by atoms with Crippen LogP contribution in [0.15, 0.2) is 64.6 Å². The summed E-state index contributed by atoms with van der Waals surface area (Å²) >= 11 is 15.7. The average molecular weight is 590 g/mol. The summed E-state index contributed by atoms with van der Waals surface area (Å²) in [5.41, 5.74) is 1.81. The maximum atomic E-state index is 12.7.